The minimum Gasteiger partial charge on any atom is -0.497 e. The Bertz CT molecular complexity index is 661. The second-order valence-corrected chi connectivity index (χ2v) is 6.29. The summed E-state index contributed by atoms with van der Waals surface area (Å²) in [5, 5.41) is 0. The van der Waals surface area contributed by atoms with Crippen LogP contribution in [0.3, 0.4) is 0 Å². The molecule has 2 unspecified atom stereocenters. The van der Waals surface area contributed by atoms with Crippen molar-refractivity contribution in [2.75, 3.05) is 20.2 Å². The number of nitrogens with zero attached hydrogens (tertiary/aromatic N) is 1. The number of benzene rings is 2. The number of halogens is 1. The molecule has 0 bridgehead atoms. The average molecular weight is 314 g/mol. The Balaban J connectivity index is 1.73. The number of nitrogens with two attached hydrogens (primary N) is 1. The molecular weight excluding hydrogens is 291 g/mol. The van der Waals surface area contributed by atoms with E-state index >= 15 is 0 Å². The highest BCUT2D eigenvalue weighted by molar-refractivity contribution is 5.31. The van der Waals surface area contributed by atoms with E-state index in [9.17, 15) is 4.39 Å². The maximum Gasteiger partial charge on any atom is 0.123 e. The molecule has 2 aromatic rings. The van der Waals surface area contributed by atoms with Crippen LogP contribution in [0.5, 0.6) is 5.75 Å². The minimum absolute atomic E-state index is 0.133. The lowest BCUT2D eigenvalue weighted by Crippen LogP contribution is -2.45. The maximum atomic E-state index is 13.4. The Kier molecular flexibility index (Phi) is 4.94. The smallest absolute Gasteiger partial charge is 0.123 e. The molecule has 2 N–H and O–H groups in total. The van der Waals surface area contributed by atoms with Gasteiger partial charge in [0.25, 0.3) is 0 Å². The van der Waals surface area contributed by atoms with Gasteiger partial charge in [-0.1, -0.05) is 24.3 Å². The van der Waals surface area contributed by atoms with Gasteiger partial charge in [-0.25, -0.2) is 4.39 Å². The Morgan fingerprint density at radius 2 is 2.00 bits per heavy atom. The first-order valence-corrected chi connectivity index (χ1v) is 8.00. The van der Waals surface area contributed by atoms with E-state index in [4.69, 9.17) is 10.5 Å². The Labute approximate surface area is 136 Å². The highest BCUT2D eigenvalue weighted by Crippen LogP contribution is 2.29. The zero-order valence-corrected chi connectivity index (χ0v) is 13.4. The van der Waals surface area contributed by atoms with Crippen LogP contribution in [0.2, 0.25) is 0 Å². The van der Waals surface area contributed by atoms with Gasteiger partial charge in [0.15, 0.2) is 0 Å². The number of ether oxygens (including phenoxy) is 1. The molecule has 2 aromatic carbocycles. The Morgan fingerprint density at radius 1 is 1.17 bits per heavy atom. The summed E-state index contributed by atoms with van der Waals surface area (Å²) in [6.07, 6.45) is 0.965. The van der Waals surface area contributed by atoms with Crippen molar-refractivity contribution in [3.63, 3.8) is 0 Å². The van der Waals surface area contributed by atoms with E-state index in [1.165, 1.54) is 11.6 Å². The molecule has 122 valence electrons. The minimum atomic E-state index is -0.187. The standard InChI is InChI=1S/C19H23FN2O/c1-23-19-7-3-5-15(10-19)16-9-18(21)13-22(12-16)11-14-4-2-6-17(20)8-14/h2-8,10,16,18H,9,11-13,21H2,1H3. The first-order valence-electron chi connectivity index (χ1n) is 8.00. The normalized spacial score (nSPS) is 22.0. The predicted octanol–water partition coefficient (Wildman–Crippen LogP) is 3.15. The van der Waals surface area contributed by atoms with Crippen LogP contribution in [0.4, 0.5) is 4.39 Å². The molecule has 0 aromatic heterocycles. The van der Waals surface area contributed by atoms with Crippen molar-refractivity contribution in [3.05, 3.63) is 65.5 Å². The van der Waals surface area contributed by atoms with Crippen LogP contribution in [0.25, 0.3) is 0 Å². The van der Waals surface area contributed by atoms with Gasteiger partial charge < -0.3 is 10.5 Å². The van der Waals surface area contributed by atoms with Gasteiger partial charge in [-0.2, -0.15) is 0 Å². The molecule has 1 aliphatic rings. The van der Waals surface area contributed by atoms with E-state index in [0.717, 1.165) is 37.4 Å². The van der Waals surface area contributed by atoms with E-state index in [1.54, 1.807) is 19.2 Å². The molecule has 0 spiro atoms. The summed E-state index contributed by atoms with van der Waals surface area (Å²) >= 11 is 0. The molecule has 1 fully saturated rings. The van der Waals surface area contributed by atoms with Crippen molar-refractivity contribution in [1.82, 2.24) is 4.90 Å². The van der Waals surface area contributed by atoms with Gasteiger partial charge in [0.1, 0.15) is 11.6 Å². The van der Waals surface area contributed by atoms with Crippen molar-refractivity contribution < 1.29 is 9.13 Å². The SMILES string of the molecule is COc1cccc(C2CC(N)CN(Cc3cccc(F)c3)C2)c1. The summed E-state index contributed by atoms with van der Waals surface area (Å²) in [6, 6.07) is 15.1. The molecule has 1 heterocycles. The molecule has 0 radical (unpaired) electrons. The van der Waals surface area contributed by atoms with Crippen molar-refractivity contribution in [2.45, 2.75) is 24.9 Å². The quantitative estimate of drug-likeness (QED) is 0.942. The Morgan fingerprint density at radius 3 is 2.78 bits per heavy atom. The molecule has 23 heavy (non-hydrogen) atoms. The van der Waals surface area contributed by atoms with Gasteiger partial charge in [-0.15, -0.1) is 0 Å². The number of piperidine rings is 1. The summed E-state index contributed by atoms with van der Waals surface area (Å²) in [4.78, 5) is 2.31. The van der Waals surface area contributed by atoms with Gasteiger partial charge in [-0.05, 0) is 47.7 Å². The number of likely N-dealkylation sites (tertiary alicyclic amines) is 1. The highest BCUT2D eigenvalue weighted by atomic mass is 19.1. The first-order chi connectivity index (χ1) is 11.1. The van der Waals surface area contributed by atoms with Crippen LogP contribution in [0, 0.1) is 5.82 Å². The average Bonchev–Trinajstić information content (AvgIpc) is 2.54. The molecule has 4 heteroatoms. The van der Waals surface area contributed by atoms with Crippen LogP contribution in [0.15, 0.2) is 48.5 Å². The predicted molar refractivity (Wildman–Crippen MR) is 90.0 cm³/mol. The lowest BCUT2D eigenvalue weighted by molar-refractivity contribution is 0.181. The summed E-state index contributed by atoms with van der Waals surface area (Å²) < 4.78 is 18.7. The summed E-state index contributed by atoms with van der Waals surface area (Å²) in [5.41, 5.74) is 8.50. The second kappa shape index (κ2) is 7.11. The third-order valence-electron chi connectivity index (χ3n) is 4.42. The van der Waals surface area contributed by atoms with Gasteiger partial charge in [0.2, 0.25) is 0 Å². The molecular formula is C19H23FN2O. The number of rotatable bonds is 4. The van der Waals surface area contributed by atoms with Gasteiger partial charge in [0, 0.05) is 25.7 Å². The molecule has 3 nitrogen and oxygen atoms in total. The summed E-state index contributed by atoms with van der Waals surface area (Å²) in [7, 11) is 1.68. The molecule has 3 rings (SSSR count). The maximum absolute atomic E-state index is 13.4. The zero-order chi connectivity index (χ0) is 16.2. The van der Waals surface area contributed by atoms with Crippen LogP contribution in [-0.2, 0) is 6.54 Å². The third-order valence-corrected chi connectivity index (χ3v) is 4.42. The van der Waals surface area contributed by atoms with Crippen molar-refractivity contribution >= 4 is 0 Å². The van der Waals surface area contributed by atoms with Gasteiger partial charge in [0.05, 0.1) is 7.11 Å². The topological polar surface area (TPSA) is 38.5 Å². The fourth-order valence-electron chi connectivity index (χ4n) is 3.39. The van der Waals surface area contributed by atoms with E-state index in [0.29, 0.717) is 5.92 Å². The Hall–Kier alpha value is -1.91. The number of hydrogen-bond donors (Lipinski definition) is 1. The van der Waals surface area contributed by atoms with Crippen LogP contribution in [0.1, 0.15) is 23.5 Å². The van der Waals surface area contributed by atoms with E-state index in [1.807, 2.05) is 18.2 Å². The van der Waals surface area contributed by atoms with Gasteiger partial charge >= 0.3 is 0 Å². The monoisotopic (exact) mass is 314 g/mol. The molecule has 0 amide bonds. The van der Waals surface area contributed by atoms with E-state index in [-0.39, 0.29) is 11.9 Å². The van der Waals surface area contributed by atoms with Crippen LogP contribution < -0.4 is 10.5 Å². The van der Waals surface area contributed by atoms with E-state index in [2.05, 4.69) is 17.0 Å². The lowest BCUT2D eigenvalue weighted by atomic mass is 9.88. The third kappa shape index (κ3) is 4.09. The number of hydrogen-bond acceptors (Lipinski definition) is 3. The van der Waals surface area contributed by atoms with Crippen molar-refractivity contribution in [2.24, 2.45) is 5.73 Å². The molecule has 1 saturated heterocycles. The van der Waals surface area contributed by atoms with Gasteiger partial charge in [-0.3, -0.25) is 4.90 Å². The fourth-order valence-corrected chi connectivity index (χ4v) is 3.39. The highest BCUT2D eigenvalue weighted by Gasteiger charge is 2.26. The van der Waals surface area contributed by atoms with Crippen LogP contribution in [-0.4, -0.2) is 31.1 Å². The summed E-state index contributed by atoms with van der Waals surface area (Å²) in [5.74, 6) is 1.06. The largest absolute Gasteiger partial charge is 0.497 e. The summed E-state index contributed by atoms with van der Waals surface area (Å²) in [6.45, 7) is 2.50. The van der Waals surface area contributed by atoms with Crippen molar-refractivity contribution in [3.8, 4) is 5.75 Å². The van der Waals surface area contributed by atoms with Crippen molar-refractivity contribution in [1.29, 1.82) is 0 Å². The molecule has 0 aliphatic carbocycles. The number of methoxy groups -OCH3 is 1. The molecule has 0 saturated carbocycles. The van der Waals surface area contributed by atoms with Crippen LogP contribution >= 0.6 is 0 Å². The fraction of sp³-hybridized carbons (Fsp3) is 0.368. The zero-order valence-electron chi connectivity index (χ0n) is 13.4. The first kappa shape index (κ1) is 16.0. The molecule has 2 atom stereocenters. The second-order valence-electron chi connectivity index (χ2n) is 6.29. The van der Waals surface area contributed by atoms with E-state index < -0.39 is 0 Å². The molecule has 1 aliphatic heterocycles. The lowest BCUT2D eigenvalue weighted by Gasteiger charge is -2.36.